The Labute approximate surface area is 120 Å². The van der Waals surface area contributed by atoms with Crippen molar-refractivity contribution in [1.82, 2.24) is 4.98 Å². The molecule has 1 aliphatic heterocycles. The standard InChI is InChI=1S/C17H23N3/c1-11-8-12(2)13(3)20(10-11)17-5-4-16(18)15-9-19-7-6-14(15)17/h4-7,9,11-13H,8,10,18H2,1-3H3. The Morgan fingerprint density at radius 3 is 2.75 bits per heavy atom. The van der Waals surface area contributed by atoms with Crippen LogP contribution in [0.3, 0.4) is 0 Å². The van der Waals surface area contributed by atoms with Gasteiger partial charge in [-0.25, -0.2) is 0 Å². The highest BCUT2D eigenvalue weighted by molar-refractivity contribution is 6.00. The molecule has 3 rings (SSSR count). The van der Waals surface area contributed by atoms with Crippen LogP contribution in [0.15, 0.2) is 30.6 Å². The molecule has 1 aromatic carbocycles. The van der Waals surface area contributed by atoms with Crippen LogP contribution < -0.4 is 10.6 Å². The highest BCUT2D eigenvalue weighted by Gasteiger charge is 2.29. The molecule has 3 unspecified atom stereocenters. The predicted molar refractivity (Wildman–Crippen MR) is 85.9 cm³/mol. The first-order valence-corrected chi connectivity index (χ1v) is 7.46. The lowest BCUT2D eigenvalue weighted by molar-refractivity contribution is 0.297. The summed E-state index contributed by atoms with van der Waals surface area (Å²) >= 11 is 0. The summed E-state index contributed by atoms with van der Waals surface area (Å²) in [6, 6.07) is 6.82. The Morgan fingerprint density at radius 2 is 1.95 bits per heavy atom. The zero-order chi connectivity index (χ0) is 14.3. The topological polar surface area (TPSA) is 42.1 Å². The van der Waals surface area contributed by atoms with E-state index in [0.717, 1.165) is 23.5 Å². The first-order valence-electron chi connectivity index (χ1n) is 7.46. The first-order chi connectivity index (χ1) is 9.58. The summed E-state index contributed by atoms with van der Waals surface area (Å²) in [5.41, 5.74) is 8.19. The molecule has 20 heavy (non-hydrogen) atoms. The lowest BCUT2D eigenvalue weighted by atomic mass is 9.85. The van der Waals surface area contributed by atoms with Crippen LogP contribution in [-0.2, 0) is 0 Å². The molecule has 1 aromatic heterocycles. The van der Waals surface area contributed by atoms with Crippen molar-refractivity contribution in [2.75, 3.05) is 17.2 Å². The van der Waals surface area contributed by atoms with E-state index in [9.17, 15) is 0 Å². The van der Waals surface area contributed by atoms with Crippen LogP contribution in [-0.4, -0.2) is 17.6 Å². The van der Waals surface area contributed by atoms with Gasteiger partial charge in [0, 0.05) is 47.1 Å². The van der Waals surface area contributed by atoms with Crippen molar-refractivity contribution in [1.29, 1.82) is 0 Å². The zero-order valence-corrected chi connectivity index (χ0v) is 12.5. The molecule has 1 fully saturated rings. The third-order valence-electron chi connectivity index (χ3n) is 4.74. The van der Waals surface area contributed by atoms with Crippen molar-refractivity contribution < 1.29 is 0 Å². The van der Waals surface area contributed by atoms with E-state index in [4.69, 9.17) is 5.73 Å². The van der Waals surface area contributed by atoms with Gasteiger partial charge in [-0.15, -0.1) is 0 Å². The first kappa shape index (κ1) is 13.2. The number of anilines is 2. The normalized spacial score (nSPS) is 26.9. The molecular weight excluding hydrogens is 246 g/mol. The number of nitrogens with two attached hydrogens (primary N) is 1. The van der Waals surface area contributed by atoms with Crippen molar-refractivity contribution in [2.24, 2.45) is 11.8 Å². The molecule has 0 bridgehead atoms. The molecule has 0 aliphatic carbocycles. The van der Waals surface area contributed by atoms with Crippen molar-refractivity contribution in [2.45, 2.75) is 33.2 Å². The molecule has 106 valence electrons. The van der Waals surface area contributed by atoms with Crippen LogP contribution in [0, 0.1) is 11.8 Å². The van der Waals surface area contributed by atoms with Crippen molar-refractivity contribution in [3.8, 4) is 0 Å². The third kappa shape index (κ3) is 2.11. The summed E-state index contributed by atoms with van der Waals surface area (Å²) in [4.78, 5) is 6.75. The van der Waals surface area contributed by atoms with Gasteiger partial charge in [0.15, 0.2) is 0 Å². The van der Waals surface area contributed by atoms with Gasteiger partial charge >= 0.3 is 0 Å². The number of rotatable bonds is 1. The molecule has 3 nitrogen and oxygen atoms in total. The fourth-order valence-electron chi connectivity index (χ4n) is 3.48. The average Bonchev–Trinajstić information content (AvgIpc) is 2.44. The van der Waals surface area contributed by atoms with Crippen LogP contribution in [0.2, 0.25) is 0 Å². The quantitative estimate of drug-likeness (QED) is 0.803. The van der Waals surface area contributed by atoms with E-state index < -0.39 is 0 Å². The molecule has 0 amide bonds. The van der Waals surface area contributed by atoms with Crippen LogP contribution >= 0.6 is 0 Å². The predicted octanol–water partition coefficient (Wildman–Crippen LogP) is 3.69. The fourth-order valence-corrected chi connectivity index (χ4v) is 3.48. The van der Waals surface area contributed by atoms with Crippen LogP contribution in [0.4, 0.5) is 11.4 Å². The lowest BCUT2D eigenvalue weighted by Crippen LogP contribution is -2.45. The molecule has 0 spiro atoms. The lowest BCUT2D eigenvalue weighted by Gasteiger charge is -2.43. The summed E-state index contributed by atoms with van der Waals surface area (Å²) in [7, 11) is 0. The molecule has 2 aromatic rings. The molecular formula is C17H23N3. The summed E-state index contributed by atoms with van der Waals surface area (Å²) in [5.74, 6) is 1.45. The monoisotopic (exact) mass is 269 g/mol. The van der Waals surface area contributed by atoms with E-state index in [-0.39, 0.29) is 0 Å². The molecule has 2 heterocycles. The van der Waals surface area contributed by atoms with Crippen molar-refractivity contribution in [3.63, 3.8) is 0 Å². The maximum atomic E-state index is 6.09. The molecule has 0 radical (unpaired) electrons. The summed E-state index contributed by atoms with van der Waals surface area (Å²) in [6.45, 7) is 8.15. The number of pyridine rings is 1. The highest BCUT2D eigenvalue weighted by atomic mass is 15.2. The van der Waals surface area contributed by atoms with Crippen molar-refractivity contribution >= 4 is 22.1 Å². The van der Waals surface area contributed by atoms with Gasteiger partial charge in [0.05, 0.1) is 0 Å². The van der Waals surface area contributed by atoms with Gasteiger partial charge in [0.1, 0.15) is 0 Å². The fraction of sp³-hybridized carbons (Fsp3) is 0.471. The Morgan fingerprint density at radius 1 is 1.15 bits per heavy atom. The number of piperidine rings is 1. The molecule has 0 saturated carbocycles. The number of hydrogen-bond acceptors (Lipinski definition) is 3. The number of aromatic nitrogens is 1. The van der Waals surface area contributed by atoms with Crippen LogP contribution in [0.1, 0.15) is 27.2 Å². The third-order valence-corrected chi connectivity index (χ3v) is 4.74. The van der Waals surface area contributed by atoms with Gasteiger partial charge < -0.3 is 10.6 Å². The second kappa shape index (κ2) is 4.97. The minimum atomic E-state index is 0.561. The van der Waals surface area contributed by atoms with Crippen molar-refractivity contribution in [3.05, 3.63) is 30.6 Å². The van der Waals surface area contributed by atoms with E-state index in [0.29, 0.717) is 12.0 Å². The van der Waals surface area contributed by atoms with Gasteiger partial charge in [-0.3, -0.25) is 4.98 Å². The zero-order valence-electron chi connectivity index (χ0n) is 12.5. The minimum Gasteiger partial charge on any atom is -0.398 e. The Kier molecular flexibility index (Phi) is 3.28. The Bertz CT molecular complexity index is 623. The van der Waals surface area contributed by atoms with E-state index >= 15 is 0 Å². The SMILES string of the molecule is CC1CC(C)C(C)N(c2ccc(N)c3cnccc23)C1. The van der Waals surface area contributed by atoms with E-state index in [2.05, 4.69) is 42.8 Å². The molecule has 1 saturated heterocycles. The minimum absolute atomic E-state index is 0.561. The van der Waals surface area contributed by atoms with Gasteiger partial charge in [0.2, 0.25) is 0 Å². The number of nitrogen functional groups attached to an aromatic ring is 1. The number of benzene rings is 1. The second-order valence-electron chi connectivity index (χ2n) is 6.31. The molecule has 2 N–H and O–H groups in total. The van der Waals surface area contributed by atoms with E-state index in [1.807, 2.05) is 18.5 Å². The second-order valence-corrected chi connectivity index (χ2v) is 6.31. The van der Waals surface area contributed by atoms with Gasteiger partial charge in [-0.1, -0.05) is 13.8 Å². The maximum Gasteiger partial charge on any atom is 0.0451 e. The van der Waals surface area contributed by atoms with E-state index in [1.165, 1.54) is 17.5 Å². The Hall–Kier alpha value is -1.77. The number of hydrogen-bond donors (Lipinski definition) is 1. The number of fused-ring (bicyclic) bond motifs is 1. The van der Waals surface area contributed by atoms with Gasteiger partial charge in [0.25, 0.3) is 0 Å². The Balaban J connectivity index is 2.12. The highest BCUT2D eigenvalue weighted by Crippen LogP contribution is 2.36. The smallest absolute Gasteiger partial charge is 0.0451 e. The molecule has 1 aliphatic rings. The number of nitrogens with zero attached hydrogens (tertiary/aromatic N) is 2. The largest absolute Gasteiger partial charge is 0.398 e. The summed E-state index contributed by atoms with van der Waals surface area (Å²) in [6.07, 6.45) is 5.04. The van der Waals surface area contributed by atoms with Crippen LogP contribution in [0.5, 0.6) is 0 Å². The summed E-state index contributed by atoms with van der Waals surface area (Å²) < 4.78 is 0. The molecule has 3 atom stereocenters. The maximum absolute atomic E-state index is 6.09. The van der Waals surface area contributed by atoms with E-state index in [1.54, 1.807) is 0 Å². The summed E-state index contributed by atoms with van der Waals surface area (Å²) in [5, 5.41) is 2.27. The molecule has 3 heteroatoms. The van der Waals surface area contributed by atoms with Gasteiger partial charge in [-0.05, 0) is 43.4 Å². The average molecular weight is 269 g/mol. The van der Waals surface area contributed by atoms with Crippen LogP contribution in [0.25, 0.3) is 10.8 Å². The van der Waals surface area contributed by atoms with Gasteiger partial charge in [-0.2, -0.15) is 0 Å².